The lowest BCUT2D eigenvalue weighted by molar-refractivity contribution is 0.0697. The van der Waals surface area contributed by atoms with Crippen LogP contribution >= 0.6 is 0 Å². The highest BCUT2D eigenvalue weighted by molar-refractivity contribution is 5.94. The highest BCUT2D eigenvalue weighted by Gasteiger charge is 2.14. The van der Waals surface area contributed by atoms with Crippen LogP contribution in [0.5, 0.6) is 11.6 Å². The molecule has 0 unspecified atom stereocenters. The first-order valence-corrected chi connectivity index (χ1v) is 6.16. The van der Waals surface area contributed by atoms with Gasteiger partial charge in [0.1, 0.15) is 11.4 Å². The van der Waals surface area contributed by atoms with Gasteiger partial charge in [-0.15, -0.1) is 0 Å². The molecular weight excluding hydrogens is 270 g/mol. The molecule has 104 valence electrons. The van der Waals surface area contributed by atoms with Crippen molar-refractivity contribution in [2.24, 2.45) is 0 Å². The minimum absolute atomic E-state index is 0.00843. The first-order valence-electron chi connectivity index (χ1n) is 6.16. The second-order valence-electron chi connectivity index (χ2n) is 4.31. The zero-order valence-corrected chi connectivity index (χ0v) is 10.9. The zero-order chi connectivity index (χ0) is 14.8. The quantitative estimate of drug-likeness (QED) is 0.765. The summed E-state index contributed by atoms with van der Waals surface area (Å²) in [5, 5.41) is 9.85. The van der Waals surface area contributed by atoms with Gasteiger partial charge in [-0.3, -0.25) is 4.98 Å². The number of aromatic carboxylic acids is 1. The van der Waals surface area contributed by atoms with E-state index < -0.39 is 5.97 Å². The fraction of sp³-hybridized carbons (Fsp3) is 0. The molecule has 3 aromatic rings. The van der Waals surface area contributed by atoms with E-state index in [1.165, 1.54) is 12.3 Å². The molecule has 2 heterocycles. The number of fused-ring (bicyclic) bond motifs is 1. The molecule has 0 aliphatic rings. The van der Waals surface area contributed by atoms with E-state index in [2.05, 4.69) is 9.97 Å². The summed E-state index contributed by atoms with van der Waals surface area (Å²) in [6.07, 6.45) is 3.03. The second kappa shape index (κ2) is 5.09. The summed E-state index contributed by atoms with van der Waals surface area (Å²) in [6, 6.07) is 10.4. The van der Waals surface area contributed by atoms with E-state index in [1.807, 2.05) is 12.1 Å². The van der Waals surface area contributed by atoms with Crippen LogP contribution in [0, 0.1) is 0 Å². The van der Waals surface area contributed by atoms with Gasteiger partial charge in [-0.05, 0) is 30.3 Å². The number of carboxylic acid groups (broad SMARTS) is 1. The lowest BCUT2D eigenvalue weighted by atomic mass is 10.2. The van der Waals surface area contributed by atoms with Crippen LogP contribution in [0.4, 0.5) is 5.69 Å². The smallest absolute Gasteiger partial charge is 0.338 e. The molecule has 0 fully saturated rings. The second-order valence-corrected chi connectivity index (χ2v) is 4.31. The number of pyridine rings is 2. The van der Waals surface area contributed by atoms with Crippen molar-refractivity contribution in [3.8, 4) is 11.6 Å². The lowest BCUT2D eigenvalue weighted by Crippen LogP contribution is -2.05. The fourth-order valence-electron chi connectivity index (χ4n) is 1.99. The molecule has 1 aromatic carbocycles. The number of aromatic nitrogens is 2. The number of anilines is 1. The first kappa shape index (κ1) is 12.9. The standard InChI is InChI=1S/C15H11N3O3/c16-13-10(15(19)20)6-8-18-14(13)21-12-5-1-4-11-9(12)3-2-7-17-11/h1-8H,16H2,(H,19,20). The van der Waals surface area contributed by atoms with Gasteiger partial charge in [0, 0.05) is 17.8 Å². The molecule has 0 aliphatic heterocycles. The van der Waals surface area contributed by atoms with Crippen molar-refractivity contribution in [3.05, 3.63) is 54.4 Å². The van der Waals surface area contributed by atoms with Crippen LogP contribution in [-0.4, -0.2) is 21.0 Å². The minimum Gasteiger partial charge on any atom is -0.478 e. The maximum atomic E-state index is 11.1. The van der Waals surface area contributed by atoms with E-state index >= 15 is 0 Å². The van der Waals surface area contributed by atoms with E-state index in [-0.39, 0.29) is 17.1 Å². The van der Waals surface area contributed by atoms with Crippen LogP contribution in [0.2, 0.25) is 0 Å². The van der Waals surface area contributed by atoms with Crippen molar-refractivity contribution in [3.63, 3.8) is 0 Å². The Morgan fingerprint density at radius 3 is 2.76 bits per heavy atom. The largest absolute Gasteiger partial charge is 0.478 e. The molecular formula is C15H11N3O3. The van der Waals surface area contributed by atoms with Crippen molar-refractivity contribution >= 4 is 22.6 Å². The number of nitrogens with two attached hydrogens (primary N) is 1. The molecule has 3 N–H and O–H groups in total. The highest BCUT2D eigenvalue weighted by Crippen LogP contribution is 2.31. The van der Waals surface area contributed by atoms with Crippen molar-refractivity contribution in [1.82, 2.24) is 9.97 Å². The molecule has 0 radical (unpaired) electrons. The summed E-state index contributed by atoms with van der Waals surface area (Å²) in [5.41, 5.74) is 6.51. The molecule has 0 saturated heterocycles. The Bertz CT molecular complexity index is 828. The number of nitrogens with zero attached hydrogens (tertiary/aromatic N) is 2. The number of rotatable bonds is 3. The Morgan fingerprint density at radius 1 is 1.10 bits per heavy atom. The first-order chi connectivity index (χ1) is 10.2. The summed E-state index contributed by atoms with van der Waals surface area (Å²) >= 11 is 0. The number of carboxylic acids is 1. The number of carbonyl (C=O) groups is 1. The molecule has 6 nitrogen and oxygen atoms in total. The fourth-order valence-corrected chi connectivity index (χ4v) is 1.99. The van der Waals surface area contributed by atoms with Gasteiger partial charge < -0.3 is 15.6 Å². The van der Waals surface area contributed by atoms with Crippen LogP contribution in [0.1, 0.15) is 10.4 Å². The molecule has 0 spiro atoms. The van der Waals surface area contributed by atoms with E-state index in [1.54, 1.807) is 24.4 Å². The van der Waals surface area contributed by atoms with Gasteiger partial charge in [-0.2, -0.15) is 0 Å². The van der Waals surface area contributed by atoms with Gasteiger partial charge in [0.25, 0.3) is 0 Å². The predicted molar refractivity (Wildman–Crippen MR) is 77.4 cm³/mol. The van der Waals surface area contributed by atoms with E-state index in [0.717, 1.165) is 10.9 Å². The molecule has 0 saturated carbocycles. The van der Waals surface area contributed by atoms with Crippen LogP contribution in [-0.2, 0) is 0 Å². The Kier molecular flexibility index (Phi) is 3.12. The third-order valence-corrected chi connectivity index (χ3v) is 3.00. The number of hydrogen-bond acceptors (Lipinski definition) is 5. The number of hydrogen-bond donors (Lipinski definition) is 2. The van der Waals surface area contributed by atoms with Crippen molar-refractivity contribution in [2.45, 2.75) is 0 Å². The third-order valence-electron chi connectivity index (χ3n) is 3.00. The number of ether oxygens (including phenoxy) is 1. The third kappa shape index (κ3) is 2.34. The summed E-state index contributed by atoms with van der Waals surface area (Å²) < 4.78 is 5.67. The average molecular weight is 281 g/mol. The number of benzene rings is 1. The van der Waals surface area contributed by atoms with Crippen LogP contribution in [0.3, 0.4) is 0 Å². The normalized spacial score (nSPS) is 10.5. The van der Waals surface area contributed by atoms with Gasteiger partial charge in [0.15, 0.2) is 0 Å². The number of nitrogen functional groups attached to an aromatic ring is 1. The van der Waals surface area contributed by atoms with Crippen molar-refractivity contribution < 1.29 is 14.6 Å². The summed E-state index contributed by atoms with van der Waals surface area (Å²) in [6.45, 7) is 0. The molecule has 0 bridgehead atoms. The molecule has 2 aromatic heterocycles. The van der Waals surface area contributed by atoms with E-state index in [0.29, 0.717) is 5.75 Å². The Morgan fingerprint density at radius 2 is 1.95 bits per heavy atom. The molecule has 6 heteroatoms. The van der Waals surface area contributed by atoms with E-state index in [9.17, 15) is 4.79 Å². The van der Waals surface area contributed by atoms with Crippen LogP contribution < -0.4 is 10.5 Å². The highest BCUT2D eigenvalue weighted by atomic mass is 16.5. The monoisotopic (exact) mass is 281 g/mol. The Labute approximate surface area is 119 Å². The SMILES string of the molecule is Nc1c(C(=O)O)ccnc1Oc1cccc2ncccc12. The zero-order valence-electron chi connectivity index (χ0n) is 10.9. The molecule has 0 atom stereocenters. The van der Waals surface area contributed by atoms with Crippen LogP contribution in [0.25, 0.3) is 10.9 Å². The topological polar surface area (TPSA) is 98.3 Å². The van der Waals surface area contributed by atoms with E-state index in [4.69, 9.17) is 15.6 Å². The maximum absolute atomic E-state index is 11.1. The summed E-state index contributed by atoms with van der Waals surface area (Å²) in [5.74, 6) is -0.548. The predicted octanol–water partition coefficient (Wildman–Crippen LogP) is 2.70. The Balaban J connectivity index is 2.07. The summed E-state index contributed by atoms with van der Waals surface area (Å²) in [4.78, 5) is 19.3. The average Bonchev–Trinajstić information content (AvgIpc) is 2.49. The summed E-state index contributed by atoms with van der Waals surface area (Å²) in [7, 11) is 0. The van der Waals surface area contributed by atoms with Gasteiger partial charge >= 0.3 is 5.97 Å². The Hall–Kier alpha value is -3.15. The minimum atomic E-state index is -1.13. The molecule has 0 aliphatic carbocycles. The van der Waals surface area contributed by atoms with Gasteiger partial charge in [-0.1, -0.05) is 6.07 Å². The molecule has 3 rings (SSSR count). The van der Waals surface area contributed by atoms with Gasteiger partial charge in [0.2, 0.25) is 5.88 Å². The van der Waals surface area contributed by atoms with Crippen LogP contribution in [0.15, 0.2) is 48.8 Å². The van der Waals surface area contributed by atoms with Gasteiger partial charge in [0.05, 0.1) is 11.1 Å². The lowest BCUT2D eigenvalue weighted by Gasteiger charge is -2.10. The van der Waals surface area contributed by atoms with Crippen molar-refractivity contribution in [2.75, 3.05) is 5.73 Å². The van der Waals surface area contributed by atoms with Gasteiger partial charge in [-0.25, -0.2) is 9.78 Å². The molecule has 21 heavy (non-hydrogen) atoms. The molecule has 0 amide bonds. The van der Waals surface area contributed by atoms with Crippen molar-refractivity contribution in [1.29, 1.82) is 0 Å². The maximum Gasteiger partial charge on any atom is 0.338 e.